The van der Waals surface area contributed by atoms with Crippen molar-refractivity contribution in [2.75, 3.05) is 32.4 Å². The number of ether oxygens (including phenoxy) is 4. The summed E-state index contributed by atoms with van der Waals surface area (Å²) in [5, 5.41) is -0.359. The second kappa shape index (κ2) is 13.5. The zero-order valence-corrected chi connectivity index (χ0v) is 25.7. The minimum Gasteiger partial charge on any atom is -0.454 e. The Morgan fingerprint density at radius 3 is 2.60 bits per heavy atom. The second-order valence-corrected chi connectivity index (χ2v) is 13.3. The van der Waals surface area contributed by atoms with E-state index in [4.69, 9.17) is 18.9 Å². The van der Waals surface area contributed by atoms with Crippen LogP contribution >= 0.6 is 0 Å². The van der Waals surface area contributed by atoms with Crippen molar-refractivity contribution in [1.29, 1.82) is 0 Å². The van der Waals surface area contributed by atoms with E-state index in [1.54, 1.807) is 31.2 Å². The highest BCUT2D eigenvalue weighted by atomic mass is 32.2. The van der Waals surface area contributed by atoms with Gasteiger partial charge in [-0.05, 0) is 67.5 Å². The molecule has 2 aromatic heterocycles. The summed E-state index contributed by atoms with van der Waals surface area (Å²) < 4.78 is 65.8. The van der Waals surface area contributed by atoms with E-state index in [2.05, 4.69) is 9.97 Å². The molecule has 45 heavy (non-hydrogen) atoms. The van der Waals surface area contributed by atoms with Crippen molar-refractivity contribution in [3.63, 3.8) is 0 Å². The molecule has 0 bridgehead atoms. The average molecular weight is 636 g/mol. The lowest BCUT2D eigenvalue weighted by Gasteiger charge is -2.25. The molecule has 0 saturated carbocycles. The predicted octanol–water partition coefficient (Wildman–Crippen LogP) is 4.88. The maximum Gasteiger partial charge on any atom is 0.286 e. The first-order valence-corrected chi connectivity index (χ1v) is 16.5. The van der Waals surface area contributed by atoms with E-state index in [1.807, 2.05) is 30.3 Å². The molecule has 4 aromatic rings. The number of aryl methyl sites for hydroxylation is 1. The van der Waals surface area contributed by atoms with Gasteiger partial charge in [-0.3, -0.25) is 4.79 Å². The predicted molar refractivity (Wildman–Crippen MR) is 163 cm³/mol. The smallest absolute Gasteiger partial charge is 0.286 e. The van der Waals surface area contributed by atoms with Gasteiger partial charge in [-0.1, -0.05) is 36.4 Å². The van der Waals surface area contributed by atoms with Crippen LogP contribution in [0.1, 0.15) is 42.2 Å². The van der Waals surface area contributed by atoms with Crippen molar-refractivity contribution < 1.29 is 31.8 Å². The second-order valence-electron chi connectivity index (χ2n) is 11.3. The minimum absolute atomic E-state index is 0.0597. The molecular formula is C33H34FN3O7S. The minimum atomic E-state index is -3.95. The van der Waals surface area contributed by atoms with Gasteiger partial charge in [0.15, 0.2) is 17.3 Å². The van der Waals surface area contributed by atoms with Gasteiger partial charge in [0.25, 0.3) is 5.56 Å². The van der Waals surface area contributed by atoms with Gasteiger partial charge in [0, 0.05) is 30.7 Å². The van der Waals surface area contributed by atoms with Gasteiger partial charge in [-0.25, -0.2) is 22.8 Å². The molecule has 1 saturated heterocycles. The zero-order chi connectivity index (χ0) is 31.4. The topological polar surface area (TPSA) is 119 Å². The fourth-order valence-corrected chi connectivity index (χ4v) is 6.68. The molecule has 1 unspecified atom stereocenters. The van der Waals surface area contributed by atoms with Crippen molar-refractivity contribution >= 4 is 9.84 Å². The van der Waals surface area contributed by atoms with Gasteiger partial charge in [0.2, 0.25) is 21.8 Å². The average Bonchev–Trinajstić information content (AvgIpc) is 3.52. The van der Waals surface area contributed by atoms with Gasteiger partial charge in [-0.2, -0.15) is 0 Å². The SMILES string of the molecule is Cc1cc(-c2cc(F)c(=O)n(Cc3ccc4c(c3)OCO4)c2)nc(S(=O)(=O)CCC(OCC2CCOCC2)c2ccccc2)n1. The normalized spacial score (nSPS) is 15.7. The fraction of sp³-hybridized carbons (Fsp3) is 0.364. The van der Waals surface area contributed by atoms with E-state index in [1.165, 1.54) is 10.8 Å². The van der Waals surface area contributed by atoms with Crippen LogP contribution in [0.15, 0.2) is 76.8 Å². The molecule has 4 heterocycles. The summed E-state index contributed by atoms with van der Waals surface area (Å²) in [7, 11) is -3.95. The molecule has 0 N–H and O–H groups in total. The summed E-state index contributed by atoms with van der Waals surface area (Å²) >= 11 is 0. The van der Waals surface area contributed by atoms with Crippen LogP contribution in [-0.2, 0) is 25.9 Å². The molecular weight excluding hydrogens is 601 g/mol. The summed E-state index contributed by atoms with van der Waals surface area (Å²) in [6.07, 6.45) is 3.05. The molecule has 2 aliphatic rings. The number of rotatable bonds is 11. The van der Waals surface area contributed by atoms with Crippen LogP contribution in [0.4, 0.5) is 4.39 Å². The molecule has 0 radical (unpaired) electrons. The lowest BCUT2D eigenvalue weighted by Crippen LogP contribution is -2.23. The summed E-state index contributed by atoms with van der Waals surface area (Å²) in [6, 6.07) is 17.4. The fourth-order valence-electron chi connectivity index (χ4n) is 5.45. The largest absolute Gasteiger partial charge is 0.454 e. The molecule has 0 amide bonds. The maximum atomic E-state index is 14.9. The monoisotopic (exact) mass is 635 g/mol. The Hall–Kier alpha value is -4.13. The number of halogens is 1. The third-order valence-corrected chi connectivity index (χ3v) is 9.45. The number of hydrogen-bond donors (Lipinski definition) is 0. The molecule has 6 rings (SSSR count). The van der Waals surface area contributed by atoms with Gasteiger partial charge < -0.3 is 23.5 Å². The zero-order valence-electron chi connectivity index (χ0n) is 24.9. The molecule has 0 aliphatic carbocycles. The van der Waals surface area contributed by atoms with E-state index in [0.717, 1.165) is 24.5 Å². The first kappa shape index (κ1) is 30.9. The maximum absolute atomic E-state index is 14.9. The molecule has 1 fully saturated rings. The summed E-state index contributed by atoms with van der Waals surface area (Å²) in [6.45, 7) is 3.73. The number of hydrogen-bond acceptors (Lipinski definition) is 9. The van der Waals surface area contributed by atoms with Crippen molar-refractivity contribution in [3.8, 4) is 22.8 Å². The molecule has 12 heteroatoms. The Morgan fingerprint density at radius 1 is 1.02 bits per heavy atom. The van der Waals surface area contributed by atoms with Gasteiger partial charge in [0.05, 0.1) is 30.7 Å². The Labute approximate surface area is 260 Å². The number of aromatic nitrogens is 3. The molecule has 2 aromatic carbocycles. The molecule has 0 spiro atoms. The summed E-state index contributed by atoms with van der Waals surface area (Å²) in [5.74, 6) is 0.264. The Bertz CT molecular complexity index is 1830. The quantitative estimate of drug-likeness (QED) is 0.213. The highest BCUT2D eigenvalue weighted by Crippen LogP contribution is 2.33. The van der Waals surface area contributed by atoms with Crippen molar-refractivity contribution in [1.82, 2.24) is 14.5 Å². The van der Waals surface area contributed by atoms with E-state index in [9.17, 15) is 17.6 Å². The van der Waals surface area contributed by atoms with Crippen LogP contribution in [0.3, 0.4) is 0 Å². The first-order chi connectivity index (χ1) is 21.7. The number of benzene rings is 2. The van der Waals surface area contributed by atoms with Crippen LogP contribution in [0.25, 0.3) is 11.3 Å². The van der Waals surface area contributed by atoms with Crippen molar-refractivity contribution in [3.05, 3.63) is 99.9 Å². The highest BCUT2D eigenvalue weighted by molar-refractivity contribution is 7.91. The molecule has 10 nitrogen and oxygen atoms in total. The number of sulfone groups is 1. The summed E-state index contributed by atoms with van der Waals surface area (Å²) in [5.41, 5.74) is 1.61. The Morgan fingerprint density at radius 2 is 1.80 bits per heavy atom. The lowest BCUT2D eigenvalue weighted by atomic mass is 10.0. The summed E-state index contributed by atoms with van der Waals surface area (Å²) in [4.78, 5) is 21.3. The highest BCUT2D eigenvalue weighted by Gasteiger charge is 2.25. The van der Waals surface area contributed by atoms with Crippen LogP contribution in [0.5, 0.6) is 11.5 Å². The van der Waals surface area contributed by atoms with Gasteiger partial charge in [-0.15, -0.1) is 0 Å². The van der Waals surface area contributed by atoms with Gasteiger partial charge in [0.1, 0.15) is 0 Å². The molecule has 2 aliphatic heterocycles. The Balaban J connectivity index is 1.22. The molecule has 236 valence electrons. The van der Waals surface area contributed by atoms with E-state index in [0.29, 0.717) is 48.5 Å². The number of pyridine rings is 1. The lowest BCUT2D eigenvalue weighted by molar-refractivity contribution is -0.0128. The van der Waals surface area contributed by atoms with Gasteiger partial charge >= 0.3 is 0 Å². The van der Waals surface area contributed by atoms with E-state index in [-0.39, 0.29) is 41.9 Å². The third kappa shape index (κ3) is 7.41. The van der Waals surface area contributed by atoms with Crippen molar-refractivity contribution in [2.24, 2.45) is 5.92 Å². The Kier molecular flexibility index (Phi) is 9.24. The van der Waals surface area contributed by atoms with E-state index >= 15 is 0 Å². The number of nitrogens with zero attached hydrogens (tertiary/aromatic N) is 3. The van der Waals surface area contributed by atoms with Crippen LogP contribution in [-0.4, -0.2) is 55.3 Å². The standard InChI is InChI=1S/C33H34FN3O7S/c1-22-15-28(26-17-27(34)32(38)37(19-26)18-24-7-8-30-31(16-24)44-21-43-30)36-33(35-22)45(39,40)14-11-29(25-5-3-2-4-6-25)42-20-23-9-12-41-13-10-23/h2-8,15-17,19,23,29H,9-14,18,20-21H2,1H3. The third-order valence-electron chi connectivity index (χ3n) is 7.93. The molecule has 1 atom stereocenters. The number of fused-ring (bicyclic) bond motifs is 1. The van der Waals surface area contributed by atoms with Crippen LogP contribution < -0.4 is 15.0 Å². The van der Waals surface area contributed by atoms with Crippen LogP contribution in [0.2, 0.25) is 0 Å². The van der Waals surface area contributed by atoms with Crippen molar-refractivity contribution in [2.45, 2.75) is 44.0 Å². The first-order valence-electron chi connectivity index (χ1n) is 14.9. The van der Waals surface area contributed by atoms with Crippen LogP contribution in [0, 0.1) is 18.7 Å². The van der Waals surface area contributed by atoms with E-state index < -0.39 is 27.3 Å².